The first-order valence-electron chi connectivity index (χ1n) is 10.2. The first-order chi connectivity index (χ1) is 15.3. The number of aliphatic hydroxyl groups is 1. The Balaban J connectivity index is 1.96. The van der Waals surface area contributed by atoms with Gasteiger partial charge >= 0.3 is 0 Å². The Hall–Kier alpha value is -3.09. The average molecular weight is 468 g/mol. The van der Waals surface area contributed by atoms with Crippen LogP contribution < -0.4 is 9.64 Å². The molecule has 164 valence electrons. The Morgan fingerprint density at radius 3 is 2.62 bits per heavy atom. The van der Waals surface area contributed by atoms with Crippen molar-refractivity contribution in [1.82, 2.24) is 0 Å². The molecule has 1 unspecified atom stereocenters. The van der Waals surface area contributed by atoms with Gasteiger partial charge in [0, 0.05) is 16.1 Å². The smallest absolute Gasteiger partial charge is 0.300 e. The van der Waals surface area contributed by atoms with Crippen LogP contribution in [0.1, 0.15) is 34.5 Å². The van der Waals surface area contributed by atoms with Gasteiger partial charge in [0.05, 0.1) is 17.2 Å². The second kappa shape index (κ2) is 8.81. The first-order valence-corrected chi connectivity index (χ1v) is 11.4. The maximum Gasteiger partial charge on any atom is 0.300 e. The Morgan fingerprint density at radius 2 is 1.94 bits per heavy atom. The highest BCUT2D eigenvalue weighted by atomic mass is 35.5. The van der Waals surface area contributed by atoms with Crippen LogP contribution in [-0.4, -0.2) is 23.4 Å². The van der Waals surface area contributed by atoms with E-state index in [0.29, 0.717) is 18.0 Å². The number of rotatable bonds is 5. The Kier molecular flexibility index (Phi) is 6.09. The van der Waals surface area contributed by atoms with Crippen molar-refractivity contribution in [2.75, 3.05) is 11.5 Å². The summed E-state index contributed by atoms with van der Waals surface area (Å²) in [7, 11) is 0. The number of anilines is 1. The van der Waals surface area contributed by atoms with Crippen LogP contribution in [0.4, 0.5) is 5.69 Å². The van der Waals surface area contributed by atoms with Crippen molar-refractivity contribution in [3.8, 4) is 5.75 Å². The number of amides is 1. The molecule has 0 bridgehead atoms. The number of halogens is 1. The monoisotopic (exact) mass is 467 g/mol. The molecule has 0 saturated carbocycles. The number of ether oxygens (including phenoxy) is 1. The van der Waals surface area contributed by atoms with E-state index >= 15 is 0 Å². The van der Waals surface area contributed by atoms with Gasteiger partial charge in [0.2, 0.25) is 0 Å². The van der Waals surface area contributed by atoms with Crippen LogP contribution in [0.5, 0.6) is 5.75 Å². The van der Waals surface area contributed by atoms with Crippen molar-refractivity contribution >= 4 is 46.1 Å². The highest BCUT2D eigenvalue weighted by Gasteiger charge is 2.48. The molecule has 0 aliphatic carbocycles. The van der Waals surface area contributed by atoms with Crippen molar-refractivity contribution in [2.24, 2.45) is 0 Å². The Bertz CT molecular complexity index is 1230. The summed E-state index contributed by atoms with van der Waals surface area (Å²) in [6, 6.07) is 13.4. The van der Waals surface area contributed by atoms with Crippen LogP contribution in [0, 0.1) is 13.8 Å². The number of nitrogens with zero attached hydrogens (tertiary/aromatic N) is 1. The molecule has 1 aromatic heterocycles. The molecule has 1 aliphatic rings. The summed E-state index contributed by atoms with van der Waals surface area (Å²) in [5.74, 6) is -1.24. The van der Waals surface area contributed by atoms with Crippen LogP contribution in [-0.2, 0) is 9.59 Å². The van der Waals surface area contributed by atoms with E-state index in [1.54, 1.807) is 18.2 Å². The van der Waals surface area contributed by atoms with Crippen molar-refractivity contribution in [3.63, 3.8) is 0 Å². The summed E-state index contributed by atoms with van der Waals surface area (Å²) in [4.78, 5) is 28.7. The van der Waals surface area contributed by atoms with Crippen molar-refractivity contribution < 1.29 is 19.4 Å². The van der Waals surface area contributed by atoms with E-state index in [4.69, 9.17) is 16.3 Å². The lowest BCUT2D eigenvalue weighted by Crippen LogP contribution is -2.29. The van der Waals surface area contributed by atoms with Crippen molar-refractivity contribution in [3.05, 3.63) is 86.1 Å². The first kappa shape index (κ1) is 22.1. The molecule has 3 aromatic rings. The largest absolute Gasteiger partial charge is 0.507 e. The second-order valence-electron chi connectivity index (χ2n) is 7.48. The molecule has 1 aliphatic heterocycles. The molecule has 1 fully saturated rings. The number of carbonyl (C=O) groups excluding carboxylic acids is 2. The molecule has 1 N–H and O–H groups in total. The second-order valence-corrected chi connectivity index (χ2v) is 8.86. The average Bonchev–Trinajstić information content (AvgIpc) is 3.39. The number of thiophene rings is 1. The van der Waals surface area contributed by atoms with Crippen molar-refractivity contribution in [2.45, 2.75) is 26.8 Å². The van der Waals surface area contributed by atoms with Crippen molar-refractivity contribution in [1.29, 1.82) is 0 Å². The maximum absolute atomic E-state index is 13.3. The zero-order chi connectivity index (χ0) is 23.0. The van der Waals surface area contributed by atoms with Gasteiger partial charge in [-0.05, 0) is 67.6 Å². The van der Waals surface area contributed by atoms with Gasteiger partial charge in [-0.3, -0.25) is 14.5 Å². The predicted molar refractivity (Wildman–Crippen MR) is 128 cm³/mol. The fourth-order valence-corrected chi connectivity index (χ4v) is 4.91. The summed E-state index contributed by atoms with van der Waals surface area (Å²) in [5.41, 5.74) is 2.79. The number of hydrogen-bond donors (Lipinski definition) is 1. The van der Waals surface area contributed by atoms with Gasteiger partial charge in [0.15, 0.2) is 0 Å². The van der Waals surface area contributed by atoms with Gasteiger partial charge in [-0.2, -0.15) is 0 Å². The fourth-order valence-electron chi connectivity index (χ4n) is 3.88. The van der Waals surface area contributed by atoms with E-state index in [1.165, 1.54) is 16.2 Å². The molecule has 0 spiro atoms. The molecule has 32 heavy (non-hydrogen) atoms. The molecule has 2 aromatic carbocycles. The van der Waals surface area contributed by atoms with E-state index in [2.05, 4.69) is 0 Å². The molecule has 1 amide bonds. The molecule has 1 atom stereocenters. The van der Waals surface area contributed by atoms with Crippen LogP contribution in [0.15, 0.2) is 59.5 Å². The minimum atomic E-state index is -0.762. The Labute approximate surface area is 195 Å². The number of hydrogen-bond acceptors (Lipinski definition) is 5. The lowest BCUT2D eigenvalue weighted by atomic mass is 9.99. The summed E-state index contributed by atoms with van der Waals surface area (Å²) in [6.07, 6.45) is 0. The maximum atomic E-state index is 13.3. The molecular formula is C25H22ClNO4S. The number of benzene rings is 2. The zero-order valence-corrected chi connectivity index (χ0v) is 19.5. The van der Waals surface area contributed by atoms with Crippen LogP contribution in [0.3, 0.4) is 0 Å². The van der Waals surface area contributed by atoms with Gasteiger partial charge < -0.3 is 9.84 Å². The lowest BCUT2D eigenvalue weighted by Gasteiger charge is -2.26. The van der Waals surface area contributed by atoms with E-state index in [-0.39, 0.29) is 21.9 Å². The topological polar surface area (TPSA) is 66.8 Å². The third-order valence-corrected chi connectivity index (χ3v) is 6.85. The highest BCUT2D eigenvalue weighted by molar-refractivity contribution is 7.10. The van der Waals surface area contributed by atoms with Gasteiger partial charge in [-0.1, -0.05) is 29.8 Å². The molecule has 4 rings (SSSR count). The van der Waals surface area contributed by atoms with Crippen LogP contribution in [0.25, 0.3) is 5.76 Å². The molecule has 2 heterocycles. The third kappa shape index (κ3) is 3.70. The molecule has 7 heteroatoms. The molecule has 5 nitrogen and oxygen atoms in total. The molecular weight excluding hydrogens is 446 g/mol. The summed E-state index contributed by atoms with van der Waals surface area (Å²) < 4.78 is 5.53. The fraction of sp³-hybridized carbons (Fsp3) is 0.200. The number of aliphatic hydroxyl groups excluding tert-OH is 1. The summed E-state index contributed by atoms with van der Waals surface area (Å²) in [5, 5.41) is 13.4. The van der Waals surface area contributed by atoms with Gasteiger partial charge in [-0.15, -0.1) is 11.3 Å². The Morgan fingerprint density at radius 1 is 1.16 bits per heavy atom. The SMILES string of the molecule is CCOc1ccc(Cl)c(/C(O)=C2/C(=O)C(=O)N(c3cccc(C)c3C)C2c2cccs2)c1. The van der Waals surface area contributed by atoms with Crippen LogP contribution in [0.2, 0.25) is 5.02 Å². The van der Waals surface area contributed by atoms with Gasteiger partial charge in [0.1, 0.15) is 17.6 Å². The standard InChI is InChI=1S/C25H22ClNO4S/c1-4-31-16-10-11-18(26)17(13-16)23(28)21-22(20-9-6-12-32-20)27(25(30)24(21)29)19-8-5-7-14(2)15(19)3/h5-13,22,28H,4H2,1-3H3/b23-21-. The molecule has 0 radical (unpaired) electrons. The minimum absolute atomic E-state index is 0.00824. The minimum Gasteiger partial charge on any atom is -0.507 e. The van der Waals surface area contributed by atoms with Gasteiger partial charge in [-0.25, -0.2) is 0 Å². The van der Waals surface area contributed by atoms with Crippen LogP contribution >= 0.6 is 22.9 Å². The van der Waals surface area contributed by atoms with E-state index in [9.17, 15) is 14.7 Å². The zero-order valence-electron chi connectivity index (χ0n) is 17.9. The quantitative estimate of drug-likeness (QED) is 0.282. The molecule has 1 saturated heterocycles. The third-order valence-electron chi connectivity index (χ3n) is 5.60. The number of Topliss-reactive ketones (excluding diaryl/α,β-unsaturated/α-hetero) is 1. The normalized spacial score (nSPS) is 17.8. The number of carbonyl (C=O) groups is 2. The lowest BCUT2D eigenvalue weighted by molar-refractivity contribution is -0.132. The van der Waals surface area contributed by atoms with E-state index in [1.807, 2.05) is 56.5 Å². The summed E-state index contributed by atoms with van der Waals surface area (Å²) >= 11 is 7.78. The van der Waals surface area contributed by atoms with E-state index in [0.717, 1.165) is 16.0 Å². The predicted octanol–water partition coefficient (Wildman–Crippen LogP) is 6.04. The number of aryl methyl sites for hydroxylation is 1. The van der Waals surface area contributed by atoms with Gasteiger partial charge in [0.25, 0.3) is 11.7 Å². The number of ketones is 1. The highest BCUT2D eigenvalue weighted by Crippen LogP contribution is 2.45. The van der Waals surface area contributed by atoms with E-state index < -0.39 is 17.7 Å². The summed E-state index contributed by atoms with van der Waals surface area (Å²) in [6.45, 7) is 6.15.